The number of rotatable bonds is 2. The highest BCUT2D eigenvalue weighted by Crippen LogP contribution is 2.23. The molecule has 0 aliphatic heterocycles. The summed E-state index contributed by atoms with van der Waals surface area (Å²) in [7, 11) is 0. The Labute approximate surface area is 131 Å². The zero-order valence-corrected chi connectivity index (χ0v) is 12.4. The summed E-state index contributed by atoms with van der Waals surface area (Å²) in [6.07, 6.45) is 3.81. The molecule has 0 fully saturated rings. The number of benzene rings is 1. The summed E-state index contributed by atoms with van der Waals surface area (Å²) in [6.45, 7) is 0. The van der Waals surface area contributed by atoms with Gasteiger partial charge in [-0.3, -0.25) is 14.0 Å². The number of aromatic amines is 1. The lowest BCUT2D eigenvalue weighted by Gasteiger charge is -2.10. The van der Waals surface area contributed by atoms with E-state index in [-0.39, 0.29) is 16.9 Å². The summed E-state index contributed by atoms with van der Waals surface area (Å²) in [5, 5.41) is 0. The van der Waals surface area contributed by atoms with Crippen LogP contribution in [0.15, 0.2) is 41.2 Å². The maximum Gasteiger partial charge on any atom is 0.256 e. The molecule has 1 aliphatic rings. The maximum atomic E-state index is 13.4. The molecule has 0 spiro atoms. The van der Waals surface area contributed by atoms with Gasteiger partial charge in [-0.1, -0.05) is 12.1 Å². The molecular weight excluding hydrogens is 295 g/mol. The van der Waals surface area contributed by atoms with Crippen molar-refractivity contribution in [3.63, 3.8) is 0 Å². The molecule has 0 atom stereocenters. The Hall–Kier alpha value is -2.69. The summed E-state index contributed by atoms with van der Waals surface area (Å²) >= 11 is 0. The molecule has 0 saturated heterocycles. The first kappa shape index (κ1) is 13.9. The molecule has 0 saturated carbocycles. The van der Waals surface area contributed by atoms with Gasteiger partial charge in [0.25, 0.3) is 5.56 Å². The number of nitrogens with one attached hydrogen (secondary N) is 1. The quantitative estimate of drug-likeness (QED) is 0.740. The van der Waals surface area contributed by atoms with Gasteiger partial charge in [0.2, 0.25) is 0 Å². The Morgan fingerprint density at radius 2 is 1.96 bits per heavy atom. The van der Waals surface area contributed by atoms with Crippen LogP contribution in [-0.2, 0) is 12.8 Å². The monoisotopic (exact) mass is 310 g/mol. The molecule has 1 aliphatic carbocycles. The molecule has 1 N–H and O–H groups in total. The van der Waals surface area contributed by atoms with Crippen LogP contribution < -0.4 is 5.56 Å². The Morgan fingerprint density at radius 1 is 1.13 bits per heavy atom. The first-order chi connectivity index (χ1) is 11.1. The number of carbonyl (C=O) groups excluding carboxylic acids is 1. The number of carbonyl (C=O) groups is 1. The maximum absolute atomic E-state index is 13.4. The molecule has 3 aromatic rings. The molecule has 4 nitrogen and oxygen atoms in total. The number of halogens is 1. The van der Waals surface area contributed by atoms with E-state index < -0.39 is 5.82 Å². The molecule has 0 unspecified atom stereocenters. The Balaban J connectivity index is 1.94. The van der Waals surface area contributed by atoms with Crippen LogP contribution in [0.25, 0.3) is 5.65 Å². The van der Waals surface area contributed by atoms with Crippen molar-refractivity contribution in [2.24, 2.45) is 0 Å². The standard InChI is InChI=1S/C18H15FN2O2/c19-12-5-3-4-11(10-12)17(23)13-8-9-16(22)21-15-7-2-1-6-14(15)20-18(13)21/h3-5,8-10,20H,1-2,6-7H2. The van der Waals surface area contributed by atoms with Gasteiger partial charge in [0.1, 0.15) is 11.5 Å². The molecule has 0 bridgehead atoms. The van der Waals surface area contributed by atoms with Gasteiger partial charge in [-0.2, -0.15) is 0 Å². The van der Waals surface area contributed by atoms with Crippen molar-refractivity contribution in [2.75, 3.05) is 0 Å². The van der Waals surface area contributed by atoms with Crippen LogP contribution >= 0.6 is 0 Å². The Morgan fingerprint density at radius 3 is 2.78 bits per heavy atom. The SMILES string of the molecule is O=C(c1cccc(F)c1)c1ccc(=O)n2c3c([nH]c12)CCCC3. The lowest BCUT2D eigenvalue weighted by atomic mass is 10.0. The Kier molecular flexibility index (Phi) is 3.15. The predicted molar refractivity (Wildman–Crippen MR) is 84.5 cm³/mol. The fourth-order valence-electron chi connectivity index (χ4n) is 3.31. The molecule has 2 aromatic heterocycles. The van der Waals surface area contributed by atoms with Crippen molar-refractivity contribution in [1.82, 2.24) is 9.38 Å². The van der Waals surface area contributed by atoms with Crippen LogP contribution in [0.3, 0.4) is 0 Å². The van der Waals surface area contributed by atoms with Crippen molar-refractivity contribution < 1.29 is 9.18 Å². The number of fused-ring (bicyclic) bond motifs is 3. The van der Waals surface area contributed by atoms with Gasteiger partial charge >= 0.3 is 0 Å². The second-order valence-electron chi connectivity index (χ2n) is 5.87. The zero-order chi connectivity index (χ0) is 16.0. The number of ketones is 1. The average molecular weight is 310 g/mol. The molecular formula is C18H15FN2O2. The number of hydrogen-bond donors (Lipinski definition) is 1. The van der Waals surface area contributed by atoms with Gasteiger partial charge in [-0.25, -0.2) is 4.39 Å². The van der Waals surface area contributed by atoms with Crippen LogP contribution in [0.1, 0.15) is 40.2 Å². The van der Waals surface area contributed by atoms with Gasteiger partial charge in [0.05, 0.1) is 5.56 Å². The second kappa shape index (κ2) is 5.19. The van der Waals surface area contributed by atoms with Crippen molar-refractivity contribution >= 4 is 11.4 Å². The number of H-pyrrole nitrogens is 1. The second-order valence-corrected chi connectivity index (χ2v) is 5.87. The van der Waals surface area contributed by atoms with Crippen molar-refractivity contribution in [1.29, 1.82) is 0 Å². The lowest BCUT2D eigenvalue weighted by Crippen LogP contribution is -2.18. The first-order valence-electron chi connectivity index (χ1n) is 7.71. The highest BCUT2D eigenvalue weighted by Gasteiger charge is 2.21. The smallest absolute Gasteiger partial charge is 0.256 e. The summed E-state index contributed by atoms with van der Waals surface area (Å²) in [4.78, 5) is 28.2. The minimum Gasteiger partial charge on any atom is -0.343 e. The molecule has 4 rings (SSSR count). The highest BCUT2D eigenvalue weighted by molar-refractivity contribution is 6.12. The summed E-state index contributed by atoms with van der Waals surface area (Å²) in [5.74, 6) is -0.744. The highest BCUT2D eigenvalue weighted by atomic mass is 19.1. The topological polar surface area (TPSA) is 54.3 Å². The fraction of sp³-hybridized carbons (Fsp3) is 0.222. The third kappa shape index (κ3) is 2.20. The van der Waals surface area contributed by atoms with Gasteiger partial charge < -0.3 is 4.98 Å². The van der Waals surface area contributed by atoms with E-state index in [2.05, 4.69) is 4.98 Å². The van der Waals surface area contributed by atoms with Gasteiger partial charge in [-0.05, 0) is 43.9 Å². The van der Waals surface area contributed by atoms with Crippen molar-refractivity contribution in [2.45, 2.75) is 25.7 Å². The van der Waals surface area contributed by atoms with Gasteiger partial charge in [0.15, 0.2) is 5.78 Å². The number of aromatic nitrogens is 2. The van der Waals surface area contributed by atoms with Crippen LogP contribution in [0, 0.1) is 5.82 Å². The minimum absolute atomic E-state index is 0.143. The first-order valence-corrected chi connectivity index (χ1v) is 7.71. The largest absolute Gasteiger partial charge is 0.343 e. The van der Waals surface area contributed by atoms with Crippen molar-refractivity contribution in [3.8, 4) is 0 Å². The predicted octanol–water partition coefficient (Wildman–Crippen LogP) is 2.88. The third-order valence-corrected chi connectivity index (χ3v) is 4.40. The molecule has 1 aromatic carbocycles. The normalized spacial score (nSPS) is 14.0. The number of nitrogens with zero attached hydrogens (tertiary/aromatic N) is 1. The number of aryl methyl sites for hydroxylation is 2. The number of hydrogen-bond acceptors (Lipinski definition) is 2. The molecule has 2 heterocycles. The summed E-state index contributed by atoms with van der Waals surface area (Å²) in [6, 6.07) is 8.53. The van der Waals surface area contributed by atoms with E-state index in [1.54, 1.807) is 10.5 Å². The zero-order valence-electron chi connectivity index (χ0n) is 12.4. The molecule has 116 valence electrons. The van der Waals surface area contributed by atoms with Crippen LogP contribution in [0.4, 0.5) is 4.39 Å². The fourth-order valence-corrected chi connectivity index (χ4v) is 3.31. The molecule has 5 heteroatoms. The number of imidazole rings is 1. The molecule has 0 radical (unpaired) electrons. The van der Waals surface area contributed by atoms with E-state index in [0.29, 0.717) is 11.2 Å². The van der Waals surface area contributed by atoms with Crippen LogP contribution in [0.5, 0.6) is 0 Å². The van der Waals surface area contributed by atoms with Crippen molar-refractivity contribution in [3.05, 3.63) is 75.1 Å². The summed E-state index contributed by atoms with van der Waals surface area (Å²) < 4.78 is 15.0. The minimum atomic E-state index is -0.453. The van der Waals surface area contributed by atoms with Gasteiger partial charge in [0, 0.05) is 23.0 Å². The van der Waals surface area contributed by atoms with E-state index in [9.17, 15) is 14.0 Å². The van der Waals surface area contributed by atoms with E-state index in [0.717, 1.165) is 37.1 Å². The Bertz CT molecular complexity index is 984. The van der Waals surface area contributed by atoms with Crippen LogP contribution in [-0.4, -0.2) is 15.2 Å². The number of pyridine rings is 1. The van der Waals surface area contributed by atoms with E-state index >= 15 is 0 Å². The van der Waals surface area contributed by atoms with Gasteiger partial charge in [-0.15, -0.1) is 0 Å². The molecule has 0 amide bonds. The van der Waals surface area contributed by atoms with Crippen LogP contribution in [0.2, 0.25) is 0 Å². The summed E-state index contributed by atoms with van der Waals surface area (Å²) in [5.41, 5.74) is 3.02. The average Bonchev–Trinajstić information content (AvgIpc) is 2.95. The van der Waals surface area contributed by atoms with E-state index in [4.69, 9.17) is 0 Å². The van der Waals surface area contributed by atoms with E-state index in [1.807, 2.05) is 0 Å². The third-order valence-electron chi connectivity index (χ3n) is 4.40. The van der Waals surface area contributed by atoms with E-state index in [1.165, 1.54) is 30.3 Å². The lowest BCUT2D eigenvalue weighted by molar-refractivity contribution is 0.103. The molecule has 23 heavy (non-hydrogen) atoms.